The molecule has 0 radical (unpaired) electrons. The molecule has 1 aliphatic rings. The lowest BCUT2D eigenvalue weighted by Crippen LogP contribution is -2.34. The molecule has 0 heterocycles. The van der Waals surface area contributed by atoms with Crippen molar-refractivity contribution >= 4 is 5.69 Å². The van der Waals surface area contributed by atoms with Crippen molar-refractivity contribution in [2.24, 2.45) is 0 Å². The van der Waals surface area contributed by atoms with E-state index in [0.29, 0.717) is 11.1 Å². The largest absolute Gasteiger partial charge is 0.423 e. The molecule has 0 amide bonds. The van der Waals surface area contributed by atoms with Gasteiger partial charge in [0.15, 0.2) is 0 Å². The number of rotatable bonds is 1. The molecule has 0 saturated heterocycles. The third kappa shape index (κ3) is 2.63. The second kappa shape index (κ2) is 4.45. The van der Waals surface area contributed by atoms with Crippen LogP contribution < -0.4 is 0 Å². The summed E-state index contributed by atoms with van der Waals surface area (Å²) in [5.41, 5.74) is -1.57. The molecular formula is C15H18F3NO2. The van der Waals surface area contributed by atoms with Gasteiger partial charge in [0.2, 0.25) is 0 Å². The third-order valence-electron chi connectivity index (χ3n) is 4.47. The van der Waals surface area contributed by atoms with Crippen LogP contribution in [0.1, 0.15) is 57.2 Å². The highest BCUT2D eigenvalue weighted by atomic mass is 19.4. The molecule has 0 saturated carbocycles. The van der Waals surface area contributed by atoms with Crippen LogP contribution in [0.15, 0.2) is 12.1 Å². The van der Waals surface area contributed by atoms with Gasteiger partial charge in [0.1, 0.15) is 5.56 Å². The molecule has 0 N–H and O–H groups in total. The van der Waals surface area contributed by atoms with Gasteiger partial charge in [-0.15, -0.1) is 0 Å². The molecule has 0 aromatic heterocycles. The molecule has 3 nitrogen and oxygen atoms in total. The molecule has 116 valence electrons. The number of fused-ring (bicyclic) bond motifs is 1. The SMILES string of the molecule is CC1(C)CCC(C)(C)c2cc(C(F)(F)F)c([N+](=O)[O-])cc21. The number of halogens is 3. The van der Waals surface area contributed by atoms with E-state index in [0.717, 1.165) is 25.0 Å². The second-order valence-electron chi connectivity index (χ2n) is 6.94. The Kier molecular flexibility index (Phi) is 3.35. The molecule has 21 heavy (non-hydrogen) atoms. The van der Waals surface area contributed by atoms with Crippen molar-refractivity contribution in [3.63, 3.8) is 0 Å². The summed E-state index contributed by atoms with van der Waals surface area (Å²) in [5, 5.41) is 11.0. The average Bonchev–Trinajstić information content (AvgIpc) is 2.32. The van der Waals surface area contributed by atoms with Crippen LogP contribution in [0.25, 0.3) is 0 Å². The second-order valence-corrected chi connectivity index (χ2v) is 6.94. The van der Waals surface area contributed by atoms with E-state index in [2.05, 4.69) is 0 Å². The molecule has 0 spiro atoms. The van der Waals surface area contributed by atoms with Crippen molar-refractivity contribution in [1.82, 2.24) is 0 Å². The standard InChI is InChI=1S/C15H18F3NO2/c1-13(2)5-6-14(3,4)10-8-12(19(20)21)11(7-9(10)13)15(16,17)18/h7-8H,5-6H2,1-4H3. The van der Waals surface area contributed by atoms with Crippen molar-refractivity contribution < 1.29 is 18.1 Å². The smallest absolute Gasteiger partial charge is 0.258 e. The summed E-state index contributed by atoms with van der Waals surface area (Å²) in [7, 11) is 0. The van der Waals surface area contributed by atoms with Gasteiger partial charge in [-0.3, -0.25) is 10.1 Å². The van der Waals surface area contributed by atoms with Crippen LogP contribution in [0.2, 0.25) is 0 Å². The van der Waals surface area contributed by atoms with E-state index in [1.54, 1.807) is 0 Å². The lowest BCUT2D eigenvalue weighted by atomic mass is 9.63. The Labute approximate surface area is 121 Å². The van der Waals surface area contributed by atoms with E-state index in [9.17, 15) is 23.3 Å². The summed E-state index contributed by atoms with van der Waals surface area (Å²) in [6, 6.07) is 2.10. The minimum atomic E-state index is -4.73. The van der Waals surface area contributed by atoms with Gasteiger partial charge < -0.3 is 0 Å². The topological polar surface area (TPSA) is 43.1 Å². The number of alkyl halides is 3. The molecule has 0 fully saturated rings. The maximum atomic E-state index is 13.1. The van der Waals surface area contributed by atoms with E-state index in [1.165, 1.54) is 0 Å². The maximum absolute atomic E-state index is 13.1. The van der Waals surface area contributed by atoms with E-state index < -0.39 is 27.8 Å². The highest BCUT2D eigenvalue weighted by Gasteiger charge is 2.44. The molecule has 1 aliphatic carbocycles. The lowest BCUT2D eigenvalue weighted by molar-refractivity contribution is -0.388. The monoisotopic (exact) mass is 301 g/mol. The Morgan fingerprint density at radius 3 is 1.86 bits per heavy atom. The normalized spacial score (nSPS) is 20.0. The molecule has 0 aliphatic heterocycles. The number of benzene rings is 1. The zero-order valence-corrected chi connectivity index (χ0v) is 12.5. The summed E-state index contributed by atoms with van der Waals surface area (Å²) in [4.78, 5) is 10.1. The number of hydrogen-bond donors (Lipinski definition) is 0. The molecule has 0 atom stereocenters. The van der Waals surface area contributed by atoms with Gasteiger partial charge in [-0.05, 0) is 40.9 Å². The van der Waals surface area contributed by atoms with Gasteiger partial charge in [0.05, 0.1) is 4.92 Å². The summed E-state index contributed by atoms with van der Waals surface area (Å²) in [5.74, 6) is 0. The van der Waals surface area contributed by atoms with Crippen LogP contribution in [0.4, 0.5) is 18.9 Å². The predicted molar refractivity (Wildman–Crippen MR) is 73.4 cm³/mol. The first-order valence-electron chi connectivity index (χ1n) is 6.77. The number of nitrogens with zero attached hydrogens (tertiary/aromatic N) is 1. The number of hydrogen-bond acceptors (Lipinski definition) is 2. The van der Waals surface area contributed by atoms with Crippen molar-refractivity contribution in [2.75, 3.05) is 0 Å². The van der Waals surface area contributed by atoms with Crippen LogP contribution in [0.3, 0.4) is 0 Å². The molecule has 0 unspecified atom stereocenters. The van der Waals surface area contributed by atoms with Gasteiger partial charge in [-0.25, -0.2) is 0 Å². The molecule has 2 rings (SSSR count). The van der Waals surface area contributed by atoms with Gasteiger partial charge in [-0.2, -0.15) is 13.2 Å². The van der Waals surface area contributed by atoms with Gasteiger partial charge in [0, 0.05) is 6.07 Å². The summed E-state index contributed by atoms with van der Waals surface area (Å²) in [6.45, 7) is 7.59. The fourth-order valence-electron chi connectivity index (χ4n) is 2.98. The molecule has 6 heteroatoms. The minimum Gasteiger partial charge on any atom is -0.258 e. The van der Waals surface area contributed by atoms with Crippen molar-refractivity contribution in [3.8, 4) is 0 Å². The van der Waals surface area contributed by atoms with Crippen LogP contribution in [-0.4, -0.2) is 4.92 Å². The zero-order chi connectivity index (χ0) is 16.2. The Hall–Kier alpha value is -1.59. The molecule has 1 aromatic rings. The molecular weight excluding hydrogens is 283 g/mol. The number of nitro groups is 1. The average molecular weight is 301 g/mol. The van der Waals surface area contributed by atoms with Crippen molar-refractivity contribution in [2.45, 2.75) is 57.5 Å². The third-order valence-corrected chi connectivity index (χ3v) is 4.47. The van der Waals surface area contributed by atoms with E-state index in [-0.39, 0.29) is 5.41 Å². The van der Waals surface area contributed by atoms with E-state index in [1.807, 2.05) is 27.7 Å². The lowest BCUT2D eigenvalue weighted by Gasteiger charge is -2.41. The summed E-state index contributed by atoms with van der Waals surface area (Å²) < 4.78 is 39.4. The quantitative estimate of drug-likeness (QED) is 0.543. The van der Waals surface area contributed by atoms with Crippen molar-refractivity contribution in [1.29, 1.82) is 0 Å². The summed E-state index contributed by atoms with van der Waals surface area (Å²) in [6.07, 6.45) is -3.19. The first-order valence-corrected chi connectivity index (χ1v) is 6.77. The fraction of sp³-hybridized carbons (Fsp3) is 0.600. The Morgan fingerprint density at radius 2 is 1.48 bits per heavy atom. The minimum absolute atomic E-state index is 0.361. The van der Waals surface area contributed by atoms with Crippen LogP contribution in [-0.2, 0) is 17.0 Å². The van der Waals surface area contributed by atoms with Crippen LogP contribution in [0, 0.1) is 10.1 Å². The highest BCUT2D eigenvalue weighted by molar-refractivity contribution is 5.54. The van der Waals surface area contributed by atoms with Crippen LogP contribution >= 0.6 is 0 Å². The molecule has 0 bridgehead atoms. The van der Waals surface area contributed by atoms with Gasteiger partial charge in [-0.1, -0.05) is 27.7 Å². The van der Waals surface area contributed by atoms with Gasteiger partial charge in [0.25, 0.3) is 5.69 Å². The first-order chi connectivity index (χ1) is 9.36. The van der Waals surface area contributed by atoms with Gasteiger partial charge >= 0.3 is 6.18 Å². The molecule has 1 aromatic carbocycles. The van der Waals surface area contributed by atoms with E-state index >= 15 is 0 Å². The first kappa shape index (κ1) is 15.8. The fourth-order valence-corrected chi connectivity index (χ4v) is 2.98. The predicted octanol–water partition coefficient (Wildman–Crippen LogP) is 4.96. The Morgan fingerprint density at radius 1 is 1.05 bits per heavy atom. The van der Waals surface area contributed by atoms with Crippen LogP contribution in [0.5, 0.6) is 0 Å². The Balaban J connectivity index is 2.82. The van der Waals surface area contributed by atoms with Crippen molar-refractivity contribution in [3.05, 3.63) is 38.9 Å². The maximum Gasteiger partial charge on any atom is 0.423 e. The highest BCUT2D eigenvalue weighted by Crippen LogP contribution is 2.49. The number of nitro benzene ring substituents is 1. The zero-order valence-electron chi connectivity index (χ0n) is 12.5. The van der Waals surface area contributed by atoms with E-state index in [4.69, 9.17) is 0 Å². The summed E-state index contributed by atoms with van der Waals surface area (Å²) >= 11 is 0. The Bertz CT molecular complexity index is 604.